The molecule has 1 aliphatic rings. The summed E-state index contributed by atoms with van der Waals surface area (Å²) in [7, 11) is -1.36. The highest BCUT2D eigenvalue weighted by Crippen LogP contribution is 2.40. The lowest BCUT2D eigenvalue weighted by Crippen LogP contribution is -2.37. The first-order valence-corrected chi connectivity index (χ1v) is 10.2. The zero-order chi connectivity index (χ0) is 12.5. The lowest BCUT2D eigenvalue weighted by molar-refractivity contribution is -0.120. The van der Waals surface area contributed by atoms with E-state index in [1.54, 1.807) is 0 Å². The van der Waals surface area contributed by atoms with Gasteiger partial charge in [-0.1, -0.05) is 50.0 Å². The smallest absolute Gasteiger partial charge is 0.136 e. The minimum Gasteiger partial charge on any atom is -0.299 e. The Balaban J connectivity index is 2.36. The Kier molecular flexibility index (Phi) is 3.52. The van der Waals surface area contributed by atoms with Crippen LogP contribution in [0.4, 0.5) is 0 Å². The van der Waals surface area contributed by atoms with Crippen LogP contribution in [0.1, 0.15) is 30.4 Å². The molecule has 1 nitrogen and oxygen atoms in total. The number of benzene rings is 1. The highest BCUT2D eigenvalue weighted by molar-refractivity contribution is 6.77. The molecular weight excluding hydrogens is 224 g/mol. The van der Waals surface area contributed by atoms with Crippen molar-refractivity contribution in [3.63, 3.8) is 0 Å². The van der Waals surface area contributed by atoms with Crippen molar-refractivity contribution < 1.29 is 4.79 Å². The molecule has 1 saturated carbocycles. The first kappa shape index (κ1) is 12.6. The Labute approximate surface area is 105 Å². The zero-order valence-electron chi connectivity index (χ0n) is 11.1. The van der Waals surface area contributed by atoms with Crippen LogP contribution in [0.3, 0.4) is 0 Å². The van der Waals surface area contributed by atoms with Crippen molar-refractivity contribution in [2.24, 2.45) is 5.92 Å². The minimum atomic E-state index is -1.36. The van der Waals surface area contributed by atoms with E-state index in [2.05, 4.69) is 50.0 Å². The Hall–Kier alpha value is -0.893. The number of carbonyl (C=O) groups is 1. The van der Waals surface area contributed by atoms with Gasteiger partial charge < -0.3 is 0 Å². The maximum Gasteiger partial charge on any atom is 0.136 e. The first-order valence-electron chi connectivity index (χ1n) is 6.58. The molecule has 0 spiro atoms. The average Bonchev–Trinajstić information content (AvgIpc) is 2.65. The summed E-state index contributed by atoms with van der Waals surface area (Å²) in [6.07, 6.45) is 3.00. The van der Waals surface area contributed by atoms with Crippen LogP contribution >= 0.6 is 0 Å². The Morgan fingerprint density at radius 1 is 1.18 bits per heavy atom. The number of rotatable bonds is 3. The van der Waals surface area contributed by atoms with Crippen LogP contribution in [0.2, 0.25) is 19.6 Å². The molecule has 1 aliphatic carbocycles. The van der Waals surface area contributed by atoms with Gasteiger partial charge in [0.25, 0.3) is 0 Å². The van der Waals surface area contributed by atoms with Gasteiger partial charge in [0.2, 0.25) is 0 Å². The Morgan fingerprint density at radius 2 is 1.82 bits per heavy atom. The van der Waals surface area contributed by atoms with E-state index in [-0.39, 0.29) is 0 Å². The quantitative estimate of drug-likeness (QED) is 0.736. The molecule has 2 rings (SSSR count). The Morgan fingerprint density at radius 3 is 2.29 bits per heavy atom. The molecule has 1 aromatic carbocycles. The largest absolute Gasteiger partial charge is 0.299 e. The van der Waals surface area contributed by atoms with Crippen LogP contribution in [0, 0.1) is 5.92 Å². The van der Waals surface area contributed by atoms with Crippen LogP contribution < -0.4 is 0 Å². The molecule has 2 heteroatoms. The highest BCUT2D eigenvalue weighted by Gasteiger charge is 2.40. The van der Waals surface area contributed by atoms with Crippen LogP contribution in [0.25, 0.3) is 0 Å². The van der Waals surface area contributed by atoms with Gasteiger partial charge in [-0.05, 0) is 23.9 Å². The Bertz CT molecular complexity index is 391. The molecule has 17 heavy (non-hydrogen) atoms. The van der Waals surface area contributed by atoms with Gasteiger partial charge in [-0.15, -0.1) is 0 Å². The lowest BCUT2D eigenvalue weighted by Gasteiger charge is -2.33. The van der Waals surface area contributed by atoms with Crippen molar-refractivity contribution in [1.29, 1.82) is 0 Å². The van der Waals surface area contributed by atoms with E-state index in [9.17, 15) is 4.79 Å². The van der Waals surface area contributed by atoms with E-state index in [0.29, 0.717) is 17.2 Å². The number of hydrogen-bond donors (Lipinski definition) is 0. The number of carbonyl (C=O) groups excluding carboxylic acids is 1. The lowest BCUT2D eigenvalue weighted by atomic mass is 9.96. The summed E-state index contributed by atoms with van der Waals surface area (Å²) in [5.41, 5.74) is 1.88. The van der Waals surface area contributed by atoms with Crippen molar-refractivity contribution in [3.8, 4) is 0 Å². The summed E-state index contributed by atoms with van der Waals surface area (Å²) < 4.78 is 0. The number of ketones is 1. The molecule has 0 N–H and O–H groups in total. The van der Waals surface area contributed by atoms with E-state index < -0.39 is 8.07 Å². The van der Waals surface area contributed by atoms with Gasteiger partial charge in [-0.25, -0.2) is 0 Å². The summed E-state index contributed by atoms with van der Waals surface area (Å²) in [4.78, 5) is 12.1. The molecule has 0 aliphatic heterocycles. The van der Waals surface area contributed by atoms with E-state index in [0.717, 1.165) is 19.3 Å². The SMILES string of the molecule is C[Si](C)(C)C(c1ccccc1)C1CCCC1=O. The van der Waals surface area contributed by atoms with Gasteiger partial charge in [0.15, 0.2) is 0 Å². The van der Waals surface area contributed by atoms with E-state index >= 15 is 0 Å². The summed E-state index contributed by atoms with van der Waals surface area (Å²) >= 11 is 0. The molecule has 0 saturated heterocycles. The van der Waals surface area contributed by atoms with Gasteiger partial charge in [-0.3, -0.25) is 4.79 Å². The van der Waals surface area contributed by atoms with Crippen molar-refractivity contribution >= 4 is 13.9 Å². The maximum atomic E-state index is 12.1. The van der Waals surface area contributed by atoms with E-state index in [4.69, 9.17) is 0 Å². The highest BCUT2D eigenvalue weighted by atomic mass is 28.3. The fraction of sp³-hybridized carbons (Fsp3) is 0.533. The second-order valence-electron chi connectivity index (χ2n) is 6.22. The monoisotopic (exact) mass is 246 g/mol. The predicted molar refractivity (Wildman–Crippen MR) is 74.9 cm³/mol. The van der Waals surface area contributed by atoms with Gasteiger partial charge in [-0.2, -0.15) is 0 Å². The van der Waals surface area contributed by atoms with Crippen LogP contribution in [0.5, 0.6) is 0 Å². The fourth-order valence-corrected chi connectivity index (χ4v) is 5.94. The average molecular weight is 246 g/mol. The normalized spacial score (nSPS) is 22.8. The third-order valence-corrected chi connectivity index (χ3v) is 6.45. The molecule has 1 fully saturated rings. The minimum absolute atomic E-state index is 0.295. The summed E-state index contributed by atoms with van der Waals surface area (Å²) in [6.45, 7) is 7.16. The van der Waals surface area contributed by atoms with Gasteiger partial charge >= 0.3 is 0 Å². The van der Waals surface area contributed by atoms with Gasteiger partial charge in [0.05, 0.1) is 8.07 Å². The molecule has 2 unspecified atom stereocenters. The fourth-order valence-electron chi connectivity index (χ4n) is 3.19. The van der Waals surface area contributed by atoms with Crippen molar-refractivity contribution in [3.05, 3.63) is 35.9 Å². The topological polar surface area (TPSA) is 17.1 Å². The molecule has 0 bridgehead atoms. The third-order valence-electron chi connectivity index (χ3n) is 3.85. The molecule has 92 valence electrons. The van der Waals surface area contributed by atoms with Crippen LogP contribution in [-0.2, 0) is 4.79 Å². The van der Waals surface area contributed by atoms with Gasteiger partial charge in [0.1, 0.15) is 5.78 Å². The number of Topliss-reactive ketones (excluding diaryl/α,β-unsaturated/α-hetero) is 1. The first-order chi connectivity index (χ1) is 8.00. The van der Waals surface area contributed by atoms with Crippen molar-refractivity contribution in [2.45, 2.75) is 44.4 Å². The standard InChI is InChI=1S/C15H22OSi/c1-17(2,3)15(12-8-5-4-6-9-12)13-10-7-11-14(13)16/h4-6,8-9,13,15H,7,10-11H2,1-3H3. The molecule has 0 amide bonds. The molecule has 1 aromatic rings. The number of hydrogen-bond acceptors (Lipinski definition) is 1. The van der Waals surface area contributed by atoms with E-state index in [1.165, 1.54) is 5.56 Å². The maximum absolute atomic E-state index is 12.1. The van der Waals surface area contributed by atoms with Crippen LogP contribution in [-0.4, -0.2) is 13.9 Å². The second-order valence-corrected chi connectivity index (χ2v) is 11.6. The summed E-state index contributed by atoms with van der Waals surface area (Å²) in [6, 6.07) is 10.7. The predicted octanol–water partition coefficient (Wildman–Crippen LogP) is 4.02. The van der Waals surface area contributed by atoms with Crippen molar-refractivity contribution in [1.82, 2.24) is 0 Å². The molecule has 0 heterocycles. The molecule has 0 radical (unpaired) electrons. The van der Waals surface area contributed by atoms with Gasteiger partial charge in [0, 0.05) is 12.3 Å². The molecule has 0 aromatic heterocycles. The third kappa shape index (κ3) is 2.68. The summed E-state index contributed by atoms with van der Waals surface area (Å²) in [5, 5.41) is 0. The molecular formula is C15H22OSi. The van der Waals surface area contributed by atoms with Crippen molar-refractivity contribution in [2.75, 3.05) is 0 Å². The van der Waals surface area contributed by atoms with Crippen LogP contribution in [0.15, 0.2) is 30.3 Å². The molecule has 2 atom stereocenters. The van der Waals surface area contributed by atoms with E-state index in [1.807, 2.05) is 0 Å². The summed E-state index contributed by atoms with van der Waals surface area (Å²) in [5.74, 6) is 0.797. The zero-order valence-corrected chi connectivity index (χ0v) is 12.1. The second kappa shape index (κ2) is 4.77.